The summed E-state index contributed by atoms with van der Waals surface area (Å²) in [6.07, 6.45) is 0.151. The molecule has 0 bridgehead atoms. The maximum absolute atomic E-state index is 12.2. The highest BCUT2D eigenvalue weighted by Crippen LogP contribution is 2.35. The number of anilines is 1. The molecule has 24 heavy (non-hydrogen) atoms. The molecule has 0 aromatic carbocycles. The average molecular weight is 336 g/mol. The van der Waals surface area contributed by atoms with E-state index >= 15 is 0 Å². The Balaban J connectivity index is 1.88. The first-order chi connectivity index (χ1) is 11.6. The van der Waals surface area contributed by atoms with Crippen LogP contribution in [0.3, 0.4) is 0 Å². The van der Waals surface area contributed by atoms with Crippen LogP contribution < -0.4 is 16.6 Å². The minimum absolute atomic E-state index is 0.00293. The fourth-order valence-corrected chi connectivity index (χ4v) is 3.49. The molecule has 4 atom stereocenters. The highest BCUT2D eigenvalue weighted by molar-refractivity contribution is 5.71. The van der Waals surface area contributed by atoms with Crippen LogP contribution in [-0.4, -0.2) is 55.1 Å². The van der Waals surface area contributed by atoms with E-state index in [-0.39, 0.29) is 30.5 Å². The molecule has 2 aliphatic heterocycles. The van der Waals surface area contributed by atoms with Gasteiger partial charge < -0.3 is 26.0 Å². The number of fused-ring (bicyclic) bond motifs is 1. The molecule has 0 amide bonds. The molecule has 0 radical (unpaired) electrons. The van der Waals surface area contributed by atoms with Crippen molar-refractivity contribution in [3.05, 3.63) is 16.2 Å². The predicted octanol–water partition coefficient (Wildman–Crippen LogP) is -1.23. The van der Waals surface area contributed by atoms with Crippen LogP contribution in [0.4, 0.5) is 5.95 Å². The zero-order chi connectivity index (χ0) is 16.8. The first-order valence-electron chi connectivity index (χ1n) is 8.04. The van der Waals surface area contributed by atoms with Crippen molar-refractivity contribution >= 4 is 17.1 Å². The third-order valence-corrected chi connectivity index (χ3v) is 4.64. The summed E-state index contributed by atoms with van der Waals surface area (Å²) in [4.78, 5) is 23.3. The van der Waals surface area contributed by atoms with Gasteiger partial charge in [0, 0.05) is 6.42 Å². The fraction of sp³-hybridized carbons (Fsp3) is 0.643. The Kier molecular flexibility index (Phi) is 3.76. The first kappa shape index (κ1) is 15.5. The van der Waals surface area contributed by atoms with Crippen molar-refractivity contribution in [1.82, 2.24) is 24.8 Å². The number of imidazole rings is 1. The van der Waals surface area contributed by atoms with Crippen LogP contribution in [0, 0.1) is 0 Å². The Bertz CT molecular complexity index is 811. The molecule has 4 rings (SSSR count). The summed E-state index contributed by atoms with van der Waals surface area (Å²) < 4.78 is 7.48. The average Bonchev–Trinajstić information content (AvgIpc) is 3.24. The molecular weight excluding hydrogens is 316 g/mol. The number of rotatable bonds is 3. The van der Waals surface area contributed by atoms with Gasteiger partial charge >= 0.3 is 0 Å². The summed E-state index contributed by atoms with van der Waals surface area (Å²) >= 11 is 0. The van der Waals surface area contributed by atoms with Gasteiger partial charge in [0.15, 0.2) is 11.2 Å². The van der Waals surface area contributed by atoms with Gasteiger partial charge in [-0.15, -0.1) is 0 Å². The summed E-state index contributed by atoms with van der Waals surface area (Å²) in [5, 5.41) is 22.7. The lowest BCUT2D eigenvalue weighted by molar-refractivity contribution is -0.0443. The lowest BCUT2D eigenvalue weighted by atomic mass is 10.2. The van der Waals surface area contributed by atoms with E-state index in [1.54, 1.807) is 4.57 Å². The van der Waals surface area contributed by atoms with Crippen LogP contribution in [0.15, 0.2) is 4.79 Å². The van der Waals surface area contributed by atoms with E-state index in [9.17, 15) is 15.0 Å². The lowest BCUT2D eigenvalue weighted by Gasteiger charge is -2.19. The smallest absolute Gasteiger partial charge is 0.280 e. The molecule has 4 heterocycles. The maximum atomic E-state index is 12.2. The summed E-state index contributed by atoms with van der Waals surface area (Å²) in [6.45, 7) is 0.588. The summed E-state index contributed by atoms with van der Waals surface area (Å²) in [6, 6.07) is -0.0197. The van der Waals surface area contributed by atoms with E-state index < -0.39 is 24.0 Å². The number of nitrogens with zero attached hydrogens (tertiary/aromatic N) is 3. The Morgan fingerprint density at radius 2 is 2.25 bits per heavy atom. The van der Waals surface area contributed by atoms with Gasteiger partial charge in [0.2, 0.25) is 5.95 Å². The van der Waals surface area contributed by atoms with E-state index in [1.165, 1.54) is 0 Å². The van der Waals surface area contributed by atoms with E-state index in [1.807, 2.05) is 0 Å². The normalized spacial score (nSPS) is 30.4. The molecule has 2 aliphatic rings. The van der Waals surface area contributed by atoms with Crippen LogP contribution in [-0.2, 0) is 4.74 Å². The summed E-state index contributed by atoms with van der Waals surface area (Å²) in [5.74, 6) is 0.638. The second-order valence-electron chi connectivity index (χ2n) is 6.23. The Hall–Kier alpha value is -2.01. The standard InChI is InChI=1S/C14H20N6O4/c15-14-18-12-10(13(23)19-14)17-11(6-2-1-3-16-6)20(12)9-4-7(22)8(5-21)24-9/h6-9,16,21-22H,1-5H2,(H3,15,18,19,23)/t6-,7+,8-,9-/m1/s1. The van der Waals surface area contributed by atoms with Gasteiger partial charge in [-0.25, -0.2) is 4.98 Å². The number of hydrogen-bond acceptors (Lipinski definition) is 8. The molecule has 10 nitrogen and oxygen atoms in total. The van der Waals surface area contributed by atoms with Crippen molar-refractivity contribution in [1.29, 1.82) is 0 Å². The third-order valence-electron chi connectivity index (χ3n) is 4.64. The van der Waals surface area contributed by atoms with Crippen molar-refractivity contribution in [2.24, 2.45) is 0 Å². The van der Waals surface area contributed by atoms with Gasteiger partial charge in [-0.05, 0) is 19.4 Å². The van der Waals surface area contributed by atoms with Crippen LogP contribution in [0.5, 0.6) is 0 Å². The largest absolute Gasteiger partial charge is 0.394 e. The molecule has 6 N–H and O–H groups in total. The molecule has 0 saturated carbocycles. The van der Waals surface area contributed by atoms with Crippen LogP contribution in [0.25, 0.3) is 11.2 Å². The number of aliphatic hydroxyl groups is 2. The highest BCUT2D eigenvalue weighted by atomic mass is 16.5. The molecule has 2 saturated heterocycles. The fourth-order valence-electron chi connectivity index (χ4n) is 3.49. The molecule has 0 aliphatic carbocycles. The number of hydrogen-bond donors (Lipinski definition) is 5. The zero-order valence-electron chi connectivity index (χ0n) is 13.0. The molecule has 130 valence electrons. The quantitative estimate of drug-likeness (QED) is 0.467. The number of aliphatic hydroxyl groups excluding tert-OH is 2. The van der Waals surface area contributed by atoms with Crippen molar-refractivity contribution < 1.29 is 14.9 Å². The number of aromatic amines is 1. The van der Waals surface area contributed by atoms with Gasteiger partial charge in [-0.3, -0.25) is 14.3 Å². The number of nitrogens with two attached hydrogens (primary N) is 1. The monoisotopic (exact) mass is 336 g/mol. The van der Waals surface area contributed by atoms with Crippen molar-refractivity contribution in [2.45, 2.75) is 43.7 Å². The van der Waals surface area contributed by atoms with Crippen LogP contribution in [0.2, 0.25) is 0 Å². The van der Waals surface area contributed by atoms with Gasteiger partial charge in [0.1, 0.15) is 18.2 Å². The lowest BCUT2D eigenvalue weighted by Crippen LogP contribution is -2.24. The molecule has 2 fully saturated rings. The molecule has 2 aromatic rings. The highest BCUT2D eigenvalue weighted by Gasteiger charge is 2.38. The van der Waals surface area contributed by atoms with Gasteiger partial charge in [0.05, 0.1) is 18.8 Å². The Labute approximate surface area is 136 Å². The van der Waals surface area contributed by atoms with E-state index in [4.69, 9.17) is 10.5 Å². The number of aromatic nitrogens is 4. The van der Waals surface area contributed by atoms with E-state index in [2.05, 4.69) is 20.3 Å². The predicted molar refractivity (Wildman–Crippen MR) is 84.2 cm³/mol. The minimum atomic E-state index is -0.791. The van der Waals surface area contributed by atoms with E-state index in [0.717, 1.165) is 19.4 Å². The number of nitrogens with one attached hydrogen (secondary N) is 2. The zero-order valence-corrected chi connectivity index (χ0v) is 13.0. The second kappa shape index (κ2) is 5.81. The van der Waals surface area contributed by atoms with Crippen LogP contribution in [0.1, 0.15) is 37.4 Å². The number of ether oxygens (including phenoxy) is 1. The Morgan fingerprint density at radius 1 is 1.42 bits per heavy atom. The van der Waals surface area contributed by atoms with Gasteiger partial charge in [-0.1, -0.05) is 0 Å². The molecular formula is C14H20N6O4. The number of H-pyrrole nitrogens is 1. The first-order valence-corrected chi connectivity index (χ1v) is 8.04. The summed E-state index contributed by atoms with van der Waals surface area (Å²) in [5.41, 5.74) is 5.80. The topological polar surface area (TPSA) is 151 Å². The second-order valence-corrected chi connectivity index (χ2v) is 6.23. The van der Waals surface area contributed by atoms with Gasteiger partial charge in [0.25, 0.3) is 5.56 Å². The minimum Gasteiger partial charge on any atom is -0.394 e. The molecule has 0 unspecified atom stereocenters. The SMILES string of the molecule is Nc1nc2c(nc([C@H]3CCCN3)n2[C@H]2C[C@H](O)[C@@H](CO)O2)c(=O)[nH]1. The molecule has 10 heteroatoms. The van der Waals surface area contributed by atoms with Crippen molar-refractivity contribution in [3.8, 4) is 0 Å². The summed E-state index contributed by atoms with van der Waals surface area (Å²) in [7, 11) is 0. The van der Waals surface area contributed by atoms with E-state index in [0.29, 0.717) is 11.5 Å². The number of nitrogen functional groups attached to an aromatic ring is 1. The van der Waals surface area contributed by atoms with Crippen LogP contribution >= 0.6 is 0 Å². The van der Waals surface area contributed by atoms with Crippen molar-refractivity contribution in [2.75, 3.05) is 18.9 Å². The maximum Gasteiger partial charge on any atom is 0.280 e. The Morgan fingerprint density at radius 3 is 2.92 bits per heavy atom. The van der Waals surface area contributed by atoms with Gasteiger partial charge in [-0.2, -0.15) is 4.98 Å². The molecule has 2 aromatic heterocycles. The third kappa shape index (κ3) is 2.38. The van der Waals surface area contributed by atoms with Crippen molar-refractivity contribution in [3.63, 3.8) is 0 Å². The molecule has 0 spiro atoms.